The Balaban J connectivity index is 1.99. The Bertz CT molecular complexity index is 442. The van der Waals surface area contributed by atoms with E-state index < -0.39 is 0 Å². The second kappa shape index (κ2) is 5.80. The number of rotatable bonds is 5. The van der Waals surface area contributed by atoms with Crippen LogP contribution in [0.2, 0.25) is 0 Å². The third-order valence-corrected chi connectivity index (χ3v) is 4.76. The van der Waals surface area contributed by atoms with Crippen LogP contribution < -0.4 is 5.32 Å². The topological polar surface area (TPSA) is 12.0 Å². The molecule has 0 bridgehead atoms. The lowest BCUT2D eigenvalue weighted by Crippen LogP contribution is -2.24. The summed E-state index contributed by atoms with van der Waals surface area (Å²) in [7, 11) is 0. The SMILES string of the molecule is Cc1ccc(CNC(c2cccs2)C(C)C)s1. The highest BCUT2D eigenvalue weighted by atomic mass is 32.1. The van der Waals surface area contributed by atoms with E-state index in [1.807, 2.05) is 22.7 Å². The summed E-state index contributed by atoms with van der Waals surface area (Å²) >= 11 is 3.72. The molecular weight excluding hydrogens is 246 g/mol. The fraction of sp³-hybridized carbons (Fsp3) is 0.429. The van der Waals surface area contributed by atoms with Gasteiger partial charge in [0.2, 0.25) is 0 Å². The Morgan fingerprint density at radius 3 is 2.59 bits per heavy atom. The van der Waals surface area contributed by atoms with Crippen LogP contribution in [0.4, 0.5) is 0 Å². The lowest BCUT2D eigenvalue weighted by atomic mass is 10.0. The maximum Gasteiger partial charge on any atom is 0.0440 e. The largest absolute Gasteiger partial charge is 0.304 e. The predicted molar refractivity (Wildman–Crippen MR) is 77.8 cm³/mol. The minimum Gasteiger partial charge on any atom is -0.304 e. The van der Waals surface area contributed by atoms with Crippen molar-refractivity contribution >= 4 is 22.7 Å². The second-order valence-corrected chi connectivity index (χ2v) is 6.98. The van der Waals surface area contributed by atoms with Crippen LogP contribution in [0.3, 0.4) is 0 Å². The van der Waals surface area contributed by atoms with E-state index in [-0.39, 0.29) is 0 Å². The molecule has 2 heterocycles. The molecular formula is C14H19NS2. The van der Waals surface area contributed by atoms with Crippen molar-refractivity contribution in [2.24, 2.45) is 5.92 Å². The fourth-order valence-corrected chi connectivity index (χ4v) is 3.74. The van der Waals surface area contributed by atoms with Gasteiger partial charge in [0, 0.05) is 27.2 Å². The molecule has 0 aliphatic heterocycles. The van der Waals surface area contributed by atoms with Crippen LogP contribution in [0.5, 0.6) is 0 Å². The normalized spacial score (nSPS) is 13.2. The average Bonchev–Trinajstić information content (AvgIpc) is 2.90. The Labute approximate surface area is 112 Å². The highest BCUT2D eigenvalue weighted by Gasteiger charge is 2.16. The Hall–Kier alpha value is -0.640. The monoisotopic (exact) mass is 265 g/mol. The summed E-state index contributed by atoms with van der Waals surface area (Å²) in [5, 5.41) is 5.83. The molecule has 2 aromatic rings. The first-order valence-corrected chi connectivity index (χ1v) is 7.68. The van der Waals surface area contributed by atoms with Crippen LogP contribution in [0.15, 0.2) is 29.6 Å². The van der Waals surface area contributed by atoms with Crippen LogP contribution in [0.1, 0.15) is 34.5 Å². The molecule has 1 N–H and O–H groups in total. The number of hydrogen-bond donors (Lipinski definition) is 1. The summed E-state index contributed by atoms with van der Waals surface area (Å²) in [5.41, 5.74) is 0. The maximum absolute atomic E-state index is 3.67. The highest BCUT2D eigenvalue weighted by molar-refractivity contribution is 7.11. The Morgan fingerprint density at radius 1 is 1.24 bits per heavy atom. The van der Waals surface area contributed by atoms with E-state index in [2.05, 4.69) is 55.7 Å². The van der Waals surface area contributed by atoms with Crippen molar-refractivity contribution in [3.8, 4) is 0 Å². The lowest BCUT2D eigenvalue weighted by Gasteiger charge is -2.20. The van der Waals surface area contributed by atoms with Gasteiger partial charge < -0.3 is 5.32 Å². The van der Waals surface area contributed by atoms with E-state index in [1.54, 1.807) is 0 Å². The Morgan fingerprint density at radius 2 is 2.06 bits per heavy atom. The Kier molecular flexibility index (Phi) is 4.37. The molecule has 1 unspecified atom stereocenters. The first kappa shape index (κ1) is 12.8. The number of hydrogen-bond acceptors (Lipinski definition) is 3. The van der Waals surface area contributed by atoms with Crippen molar-refractivity contribution < 1.29 is 0 Å². The van der Waals surface area contributed by atoms with Gasteiger partial charge in [-0.15, -0.1) is 22.7 Å². The average molecular weight is 265 g/mol. The van der Waals surface area contributed by atoms with Crippen molar-refractivity contribution in [3.63, 3.8) is 0 Å². The van der Waals surface area contributed by atoms with E-state index >= 15 is 0 Å². The molecule has 0 spiro atoms. The number of nitrogens with one attached hydrogen (secondary N) is 1. The maximum atomic E-state index is 3.67. The number of aryl methyl sites for hydroxylation is 1. The molecule has 0 aliphatic carbocycles. The molecule has 2 rings (SSSR count). The van der Waals surface area contributed by atoms with Crippen LogP contribution >= 0.6 is 22.7 Å². The van der Waals surface area contributed by atoms with Crippen molar-refractivity contribution in [3.05, 3.63) is 44.3 Å². The van der Waals surface area contributed by atoms with Crippen LogP contribution in [0, 0.1) is 12.8 Å². The predicted octanol–water partition coefficient (Wildman–Crippen LogP) is 4.60. The van der Waals surface area contributed by atoms with Crippen LogP contribution in [-0.2, 0) is 6.54 Å². The van der Waals surface area contributed by atoms with Gasteiger partial charge in [0.15, 0.2) is 0 Å². The van der Waals surface area contributed by atoms with Crippen LogP contribution in [0.25, 0.3) is 0 Å². The second-order valence-electron chi connectivity index (χ2n) is 4.63. The van der Waals surface area contributed by atoms with Crippen molar-refractivity contribution in [1.82, 2.24) is 5.32 Å². The molecule has 92 valence electrons. The van der Waals surface area contributed by atoms with E-state index in [4.69, 9.17) is 0 Å². The molecule has 2 aromatic heterocycles. The highest BCUT2D eigenvalue weighted by Crippen LogP contribution is 2.26. The summed E-state index contributed by atoms with van der Waals surface area (Å²) in [4.78, 5) is 4.25. The summed E-state index contributed by atoms with van der Waals surface area (Å²) in [6.07, 6.45) is 0. The smallest absolute Gasteiger partial charge is 0.0440 e. The lowest BCUT2D eigenvalue weighted by molar-refractivity contribution is 0.418. The third-order valence-electron chi connectivity index (χ3n) is 2.81. The first-order chi connectivity index (χ1) is 8.16. The fourth-order valence-electron chi connectivity index (χ4n) is 1.92. The quantitative estimate of drug-likeness (QED) is 0.832. The molecule has 0 saturated carbocycles. The van der Waals surface area contributed by atoms with Gasteiger partial charge in [-0.25, -0.2) is 0 Å². The first-order valence-electron chi connectivity index (χ1n) is 5.99. The van der Waals surface area contributed by atoms with Crippen molar-refractivity contribution in [2.75, 3.05) is 0 Å². The molecule has 1 nitrogen and oxygen atoms in total. The minimum absolute atomic E-state index is 0.470. The van der Waals surface area contributed by atoms with Gasteiger partial charge >= 0.3 is 0 Å². The zero-order chi connectivity index (χ0) is 12.3. The zero-order valence-corrected chi connectivity index (χ0v) is 12.2. The van der Waals surface area contributed by atoms with Crippen LogP contribution in [-0.4, -0.2) is 0 Å². The number of thiophene rings is 2. The van der Waals surface area contributed by atoms with E-state index in [0.29, 0.717) is 12.0 Å². The van der Waals surface area contributed by atoms with E-state index in [9.17, 15) is 0 Å². The molecule has 0 saturated heterocycles. The molecule has 0 fully saturated rings. The molecule has 0 aliphatic rings. The summed E-state index contributed by atoms with van der Waals surface area (Å²) in [6, 6.07) is 9.24. The van der Waals surface area contributed by atoms with Crippen molar-refractivity contribution in [2.45, 2.75) is 33.4 Å². The minimum atomic E-state index is 0.470. The standard InChI is InChI=1S/C14H19NS2/c1-10(2)14(13-5-4-8-16-13)15-9-12-7-6-11(3)17-12/h4-8,10,14-15H,9H2,1-3H3. The molecule has 3 heteroatoms. The van der Waals surface area contributed by atoms with Gasteiger partial charge in [-0.1, -0.05) is 19.9 Å². The zero-order valence-electron chi connectivity index (χ0n) is 10.6. The van der Waals surface area contributed by atoms with Crippen molar-refractivity contribution in [1.29, 1.82) is 0 Å². The summed E-state index contributed by atoms with van der Waals surface area (Å²) in [5.74, 6) is 0.620. The van der Waals surface area contributed by atoms with Gasteiger partial charge in [0.05, 0.1) is 0 Å². The van der Waals surface area contributed by atoms with E-state index in [0.717, 1.165) is 6.54 Å². The molecule has 0 radical (unpaired) electrons. The van der Waals surface area contributed by atoms with Gasteiger partial charge in [0.25, 0.3) is 0 Å². The molecule has 17 heavy (non-hydrogen) atoms. The van der Waals surface area contributed by atoms with Gasteiger partial charge in [-0.3, -0.25) is 0 Å². The summed E-state index contributed by atoms with van der Waals surface area (Å²) in [6.45, 7) is 7.68. The van der Waals surface area contributed by atoms with E-state index in [1.165, 1.54) is 14.6 Å². The van der Waals surface area contributed by atoms with Gasteiger partial charge in [-0.05, 0) is 36.4 Å². The summed E-state index contributed by atoms with van der Waals surface area (Å²) < 4.78 is 0. The molecule has 0 aromatic carbocycles. The molecule has 0 amide bonds. The van der Waals surface area contributed by atoms with Gasteiger partial charge in [0.1, 0.15) is 0 Å². The molecule has 1 atom stereocenters. The van der Waals surface area contributed by atoms with Gasteiger partial charge in [-0.2, -0.15) is 0 Å². The third kappa shape index (κ3) is 3.41.